The third kappa shape index (κ3) is 2.63. The molecule has 2 aliphatic rings. The van der Waals surface area contributed by atoms with Gasteiger partial charge < -0.3 is 14.4 Å². The zero-order valence-corrected chi connectivity index (χ0v) is 11.8. The third-order valence-corrected chi connectivity index (χ3v) is 4.04. The number of carbonyl (C=O) groups excluding carboxylic acids is 2. The smallest absolute Gasteiger partial charge is 0.328 e. The van der Waals surface area contributed by atoms with Crippen LogP contribution < -0.4 is 0 Å². The highest BCUT2D eigenvalue weighted by atomic mass is 16.5. The van der Waals surface area contributed by atoms with Crippen molar-refractivity contribution in [3.8, 4) is 6.07 Å². The first-order valence-electron chi connectivity index (χ1n) is 7.11. The first kappa shape index (κ1) is 14.8. The molecule has 2 aliphatic heterocycles. The molecule has 2 rings (SSSR count). The van der Waals surface area contributed by atoms with E-state index in [9.17, 15) is 14.9 Å². The van der Waals surface area contributed by atoms with E-state index in [0.29, 0.717) is 45.6 Å². The van der Waals surface area contributed by atoms with Gasteiger partial charge in [0.2, 0.25) is 5.91 Å². The van der Waals surface area contributed by atoms with Crippen molar-refractivity contribution in [2.75, 3.05) is 26.4 Å². The largest absolute Gasteiger partial charge is 0.464 e. The van der Waals surface area contributed by atoms with Gasteiger partial charge in [0, 0.05) is 19.8 Å². The van der Waals surface area contributed by atoms with E-state index in [1.165, 1.54) is 4.90 Å². The van der Waals surface area contributed by atoms with Gasteiger partial charge in [-0.2, -0.15) is 5.26 Å². The number of amides is 1. The van der Waals surface area contributed by atoms with Crippen molar-refractivity contribution < 1.29 is 19.1 Å². The molecule has 6 heteroatoms. The molecule has 0 radical (unpaired) electrons. The standard InChI is InChI=1S/C14H20N2O4/c1-2-20-12(17)11-4-3-7-16(11)13(18)14(10-15)5-8-19-9-6-14/h11H,2-9H2,1H3. The average molecular weight is 280 g/mol. The fraction of sp³-hybridized carbons (Fsp3) is 0.786. The van der Waals surface area contributed by atoms with Crippen LogP contribution in [0, 0.1) is 16.7 Å². The lowest BCUT2D eigenvalue weighted by atomic mass is 9.80. The summed E-state index contributed by atoms with van der Waals surface area (Å²) in [5.74, 6) is -0.600. The minimum Gasteiger partial charge on any atom is -0.464 e. The minimum absolute atomic E-state index is 0.237. The molecular weight excluding hydrogens is 260 g/mol. The quantitative estimate of drug-likeness (QED) is 0.716. The van der Waals surface area contributed by atoms with Gasteiger partial charge in [-0.3, -0.25) is 4.79 Å². The van der Waals surface area contributed by atoms with Gasteiger partial charge in [-0.05, 0) is 32.6 Å². The molecule has 0 saturated carbocycles. The van der Waals surface area contributed by atoms with Gasteiger partial charge in [-0.25, -0.2) is 4.79 Å². The maximum Gasteiger partial charge on any atom is 0.328 e. The van der Waals surface area contributed by atoms with Crippen LogP contribution in [0.3, 0.4) is 0 Å². The molecular formula is C14H20N2O4. The molecule has 1 unspecified atom stereocenters. The van der Waals surface area contributed by atoms with Crippen LogP contribution in [-0.2, 0) is 19.1 Å². The summed E-state index contributed by atoms with van der Waals surface area (Å²) in [6.07, 6.45) is 2.18. The van der Waals surface area contributed by atoms with Crippen LogP contribution in [-0.4, -0.2) is 49.2 Å². The molecule has 2 fully saturated rings. The number of nitriles is 1. The molecule has 0 spiro atoms. The van der Waals surface area contributed by atoms with Gasteiger partial charge in [0.15, 0.2) is 0 Å². The van der Waals surface area contributed by atoms with Crippen molar-refractivity contribution in [3.63, 3.8) is 0 Å². The van der Waals surface area contributed by atoms with E-state index in [1.54, 1.807) is 6.92 Å². The van der Waals surface area contributed by atoms with Crippen LogP contribution in [0.15, 0.2) is 0 Å². The SMILES string of the molecule is CCOC(=O)C1CCCN1C(=O)C1(C#N)CCOCC1. The van der Waals surface area contributed by atoms with Crippen molar-refractivity contribution in [1.29, 1.82) is 5.26 Å². The fourth-order valence-electron chi connectivity index (χ4n) is 2.86. The predicted molar refractivity (Wildman–Crippen MR) is 69.5 cm³/mol. The highest BCUT2D eigenvalue weighted by Gasteiger charge is 2.47. The molecule has 6 nitrogen and oxygen atoms in total. The highest BCUT2D eigenvalue weighted by molar-refractivity contribution is 5.90. The summed E-state index contributed by atoms with van der Waals surface area (Å²) in [7, 11) is 0. The molecule has 1 amide bonds. The Morgan fingerprint density at radius 1 is 1.45 bits per heavy atom. The fourth-order valence-corrected chi connectivity index (χ4v) is 2.86. The summed E-state index contributed by atoms with van der Waals surface area (Å²) in [5, 5.41) is 9.43. The Labute approximate surface area is 118 Å². The summed E-state index contributed by atoms with van der Waals surface area (Å²) >= 11 is 0. The third-order valence-electron chi connectivity index (χ3n) is 4.04. The van der Waals surface area contributed by atoms with E-state index >= 15 is 0 Å². The Balaban J connectivity index is 2.14. The first-order valence-corrected chi connectivity index (χ1v) is 7.11. The predicted octanol–water partition coefficient (Wildman–Crippen LogP) is 0.861. The molecule has 0 aromatic rings. The molecule has 110 valence electrons. The van der Waals surface area contributed by atoms with Crippen LogP contribution in [0.4, 0.5) is 0 Å². The van der Waals surface area contributed by atoms with Gasteiger partial charge >= 0.3 is 5.97 Å². The topological polar surface area (TPSA) is 79.6 Å². The number of hydrogen-bond acceptors (Lipinski definition) is 5. The van der Waals surface area contributed by atoms with E-state index in [-0.39, 0.29) is 11.9 Å². The molecule has 1 atom stereocenters. The van der Waals surface area contributed by atoms with Crippen molar-refractivity contribution in [2.24, 2.45) is 5.41 Å². The molecule has 2 saturated heterocycles. The van der Waals surface area contributed by atoms with Crippen LogP contribution in [0.1, 0.15) is 32.6 Å². The number of rotatable bonds is 3. The van der Waals surface area contributed by atoms with Crippen LogP contribution in [0.2, 0.25) is 0 Å². The van der Waals surface area contributed by atoms with E-state index < -0.39 is 11.5 Å². The highest BCUT2D eigenvalue weighted by Crippen LogP contribution is 2.34. The zero-order valence-electron chi connectivity index (χ0n) is 11.8. The van der Waals surface area contributed by atoms with Crippen LogP contribution >= 0.6 is 0 Å². The van der Waals surface area contributed by atoms with Crippen LogP contribution in [0.5, 0.6) is 0 Å². The van der Waals surface area contributed by atoms with Gasteiger partial charge in [-0.15, -0.1) is 0 Å². The van der Waals surface area contributed by atoms with Gasteiger partial charge in [-0.1, -0.05) is 0 Å². The second-order valence-electron chi connectivity index (χ2n) is 5.21. The maximum absolute atomic E-state index is 12.7. The summed E-state index contributed by atoms with van der Waals surface area (Å²) < 4.78 is 10.3. The minimum atomic E-state index is -1.03. The number of ether oxygens (including phenoxy) is 2. The average Bonchev–Trinajstić information content (AvgIpc) is 2.97. The molecule has 20 heavy (non-hydrogen) atoms. The van der Waals surface area contributed by atoms with E-state index in [1.807, 2.05) is 0 Å². The molecule has 2 heterocycles. The number of esters is 1. The van der Waals surface area contributed by atoms with Crippen molar-refractivity contribution >= 4 is 11.9 Å². The Kier molecular flexibility index (Phi) is 4.61. The second kappa shape index (κ2) is 6.23. The number of nitrogens with zero attached hydrogens (tertiary/aromatic N) is 2. The Morgan fingerprint density at radius 2 is 2.15 bits per heavy atom. The lowest BCUT2D eigenvalue weighted by Crippen LogP contribution is -2.50. The lowest BCUT2D eigenvalue weighted by molar-refractivity contribution is -0.157. The number of hydrogen-bond donors (Lipinski definition) is 0. The van der Waals surface area contributed by atoms with E-state index in [0.717, 1.165) is 6.42 Å². The Morgan fingerprint density at radius 3 is 2.75 bits per heavy atom. The maximum atomic E-state index is 12.7. The van der Waals surface area contributed by atoms with Gasteiger partial charge in [0.1, 0.15) is 11.5 Å². The number of carbonyl (C=O) groups is 2. The molecule has 0 aromatic heterocycles. The summed E-state index contributed by atoms with van der Waals surface area (Å²) in [5.41, 5.74) is -1.03. The first-order chi connectivity index (χ1) is 9.64. The molecule has 0 aliphatic carbocycles. The van der Waals surface area contributed by atoms with E-state index in [4.69, 9.17) is 9.47 Å². The summed E-state index contributed by atoms with van der Waals surface area (Å²) in [6.45, 7) is 3.39. The number of likely N-dealkylation sites (tertiary alicyclic amines) is 1. The Hall–Kier alpha value is -1.61. The molecule has 0 bridgehead atoms. The molecule has 0 N–H and O–H groups in total. The Bertz CT molecular complexity index is 423. The van der Waals surface area contributed by atoms with Gasteiger partial charge in [0.25, 0.3) is 0 Å². The monoisotopic (exact) mass is 280 g/mol. The van der Waals surface area contributed by atoms with Crippen molar-refractivity contribution in [1.82, 2.24) is 4.90 Å². The van der Waals surface area contributed by atoms with Crippen molar-refractivity contribution in [2.45, 2.75) is 38.6 Å². The second-order valence-corrected chi connectivity index (χ2v) is 5.21. The van der Waals surface area contributed by atoms with E-state index in [2.05, 4.69) is 6.07 Å². The van der Waals surface area contributed by atoms with Crippen LogP contribution in [0.25, 0.3) is 0 Å². The summed E-state index contributed by atoms with van der Waals surface area (Å²) in [4.78, 5) is 26.2. The normalized spacial score (nSPS) is 25.0. The summed E-state index contributed by atoms with van der Waals surface area (Å²) in [6, 6.07) is 1.63. The van der Waals surface area contributed by atoms with Crippen molar-refractivity contribution in [3.05, 3.63) is 0 Å². The van der Waals surface area contributed by atoms with Gasteiger partial charge in [0.05, 0.1) is 12.7 Å². The lowest BCUT2D eigenvalue weighted by Gasteiger charge is -2.34. The zero-order chi connectivity index (χ0) is 14.6. The molecule has 0 aromatic carbocycles.